The molecule has 15 heavy (non-hydrogen) atoms. The van der Waals surface area contributed by atoms with Gasteiger partial charge in [0.1, 0.15) is 5.75 Å². The van der Waals surface area contributed by atoms with Gasteiger partial charge < -0.3 is 10.5 Å². The summed E-state index contributed by atoms with van der Waals surface area (Å²) >= 11 is 1.45. The standard InChI is InChI=1S/C11H12N2OS/c1-7-5-8(3-4-10(7)14-2)9-6-15-11(12)13-9/h3-6H,1-2H3,(H2,12,13). The number of aryl methyl sites for hydroxylation is 1. The molecular formula is C11H12N2OS. The first-order valence-electron chi connectivity index (χ1n) is 4.56. The highest BCUT2D eigenvalue weighted by molar-refractivity contribution is 7.13. The Labute approximate surface area is 92.5 Å². The van der Waals surface area contributed by atoms with Crippen LogP contribution in [-0.2, 0) is 0 Å². The summed E-state index contributed by atoms with van der Waals surface area (Å²) in [5, 5.41) is 2.55. The molecule has 0 unspecified atom stereocenters. The van der Waals surface area contributed by atoms with Crippen molar-refractivity contribution < 1.29 is 4.74 Å². The summed E-state index contributed by atoms with van der Waals surface area (Å²) in [6.45, 7) is 2.01. The second kappa shape index (κ2) is 3.90. The number of anilines is 1. The second-order valence-electron chi connectivity index (χ2n) is 3.26. The van der Waals surface area contributed by atoms with Crippen molar-refractivity contribution in [2.24, 2.45) is 0 Å². The van der Waals surface area contributed by atoms with E-state index in [1.54, 1.807) is 7.11 Å². The molecule has 0 saturated heterocycles. The van der Waals surface area contributed by atoms with E-state index in [1.807, 2.05) is 30.5 Å². The van der Waals surface area contributed by atoms with Crippen LogP contribution in [0.25, 0.3) is 11.3 Å². The van der Waals surface area contributed by atoms with Crippen LogP contribution in [0, 0.1) is 6.92 Å². The smallest absolute Gasteiger partial charge is 0.180 e. The molecule has 0 spiro atoms. The average molecular weight is 220 g/mol. The lowest BCUT2D eigenvalue weighted by Crippen LogP contribution is -1.88. The van der Waals surface area contributed by atoms with Crippen molar-refractivity contribution in [2.45, 2.75) is 6.92 Å². The molecule has 2 rings (SSSR count). The molecule has 1 aromatic heterocycles. The fourth-order valence-corrected chi connectivity index (χ4v) is 2.03. The van der Waals surface area contributed by atoms with Gasteiger partial charge in [-0.25, -0.2) is 4.98 Å². The van der Waals surface area contributed by atoms with Crippen LogP contribution in [-0.4, -0.2) is 12.1 Å². The Morgan fingerprint density at radius 2 is 2.20 bits per heavy atom. The number of hydrogen-bond acceptors (Lipinski definition) is 4. The Kier molecular flexibility index (Phi) is 2.60. The average Bonchev–Trinajstić information content (AvgIpc) is 2.65. The largest absolute Gasteiger partial charge is 0.496 e. The molecule has 0 aliphatic rings. The summed E-state index contributed by atoms with van der Waals surface area (Å²) in [5.41, 5.74) is 8.68. The van der Waals surface area contributed by atoms with Gasteiger partial charge in [-0.05, 0) is 30.7 Å². The normalized spacial score (nSPS) is 10.3. The Morgan fingerprint density at radius 1 is 1.40 bits per heavy atom. The van der Waals surface area contributed by atoms with Gasteiger partial charge in [-0.15, -0.1) is 11.3 Å². The Hall–Kier alpha value is -1.55. The molecule has 0 amide bonds. The van der Waals surface area contributed by atoms with Gasteiger partial charge in [0, 0.05) is 10.9 Å². The lowest BCUT2D eigenvalue weighted by molar-refractivity contribution is 0.412. The van der Waals surface area contributed by atoms with Crippen molar-refractivity contribution in [1.82, 2.24) is 4.98 Å². The molecule has 4 heteroatoms. The van der Waals surface area contributed by atoms with Crippen LogP contribution in [0.2, 0.25) is 0 Å². The zero-order valence-corrected chi connectivity index (χ0v) is 9.47. The maximum Gasteiger partial charge on any atom is 0.180 e. The van der Waals surface area contributed by atoms with Gasteiger partial charge in [-0.3, -0.25) is 0 Å². The first kappa shape index (κ1) is 9.98. The summed E-state index contributed by atoms with van der Waals surface area (Å²) < 4.78 is 5.20. The number of methoxy groups -OCH3 is 1. The lowest BCUT2D eigenvalue weighted by atomic mass is 10.1. The summed E-state index contributed by atoms with van der Waals surface area (Å²) in [5.74, 6) is 0.891. The van der Waals surface area contributed by atoms with E-state index in [-0.39, 0.29) is 0 Å². The van der Waals surface area contributed by atoms with Crippen LogP contribution in [0.4, 0.5) is 5.13 Å². The third-order valence-electron chi connectivity index (χ3n) is 2.21. The van der Waals surface area contributed by atoms with Gasteiger partial charge in [0.2, 0.25) is 0 Å². The number of nitrogen functional groups attached to an aromatic ring is 1. The fraction of sp³-hybridized carbons (Fsp3) is 0.182. The number of nitrogens with zero attached hydrogens (tertiary/aromatic N) is 1. The molecule has 2 N–H and O–H groups in total. The van der Waals surface area contributed by atoms with Gasteiger partial charge in [-0.2, -0.15) is 0 Å². The molecule has 0 radical (unpaired) electrons. The Bertz CT molecular complexity index is 479. The van der Waals surface area contributed by atoms with Crippen LogP contribution in [0.5, 0.6) is 5.75 Å². The minimum absolute atomic E-state index is 0.596. The van der Waals surface area contributed by atoms with E-state index in [0.717, 1.165) is 22.6 Å². The van der Waals surface area contributed by atoms with E-state index in [1.165, 1.54) is 11.3 Å². The maximum absolute atomic E-state index is 5.59. The number of thiazole rings is 1. The molecule has 0 aliphatic carbocycles. The SMILES string of the molecule is COc1ccc(-c2csc(N)n2)cc1C. The molecule has 3 nitrogen and oxygen atoms in total. The van der Waals surface area contributed by atoms with Crippen molar-refractivity contribution in [2.75, 3.05) is 12.8 Å². The maximum atomic E-state index is 5.59. The van der Waals surface area contributed by atoms with E-state index < -0.39 is 0 Å². The number of nitrogens with two attached hydrogens (primary N) is 1. The van der Waals surface area contributed by atoms with Crippen LogP contribution < -0.4 is 10.5 Å². The van der Waals surface area contributed by atoms with E-state index in [0.29, 0.717) is 5.13 Å². The molecule has 1 heterocycles. The van der Waals surface area contributed by atoms with Crippen molar-refractivity contribution >= 4 is 16.5 Å². The second-order valence-corrected chi connectivity index (χ2v) is 4.15. The van der Waals surface area contributed by atoms with Gasteiger partial charge in [0.05, 0.1) is 12.8 Å². The molecule has 2 aromatic rings. The van der Waals surface area contributed by atoms with Gasteiger partial charge in [0.15, 0.2) is 5.13 Å². The number of benzene rings is 1. The quantitative estimate of drug-likeness (QED) is 0.846. The third kappa shape index (κ3) is 1.94. The molecule has 0 bridgehead atoms. The van der Waals surface area contributed by atoms with Crippen LogP contribution >= 0.6 is 11.3 Å². The highest BCUT2D eigenvalue weighted by atomic mass is 32.1. The zero-order valence-electron chi connectivity index (χ0n) is 8.65. The van der Waals surface area contributed by atoms with Crippen LogP contribution in [0.1, 0.15) is 5.56 Å². The predicted molar refractivity (Wildman–Crippen MR) is 63.3 cm³/mol. The van der Waals surface area contributed by atoms with Crippen molar-refractivity contribution in [1.29, 1.82) is 0 Å². The van der Waals surface area contributed by atoms with Crippen molar-refractivity contribution in [3.8, 4) is 17.0 Å². The summed E-state index contributed by atoms with van der Waals surface area (Å²) in [7, 11) is 1.67. The minimum atomic E-state index is 0.596. The van der Waals surface area contributed by atoms with E-state index in [4.69, 9.17) is 10.5 Å². The Balaban J connectivity index is 2.42. The predicted octanol–water partition coefficient (Wildman–Crippen LogP) is 2.71. The van der Waals surface area contributed by atoms with Gasteiger partial charge in [-0.1, -0.05) is 0 Å². The molecule has 0 aliphatic heterocycles. The molecule has 78 valence electrons. The van der Waals surface area contributed by atoms with Crippen LogP contribution in [0.3, 0.4) is 0 Å². The summed E-state index contributed by atoms with van der Waals surface area (Å²) in [6, 6.07) is 5.98. The molecule has 0 fully saturated rings. The minimum Gasteiger partial charge on any atom is -0.496 e. The molecular weight excluding hydrogens is 208 g/mol. The topological polar surface area (TPSA) is 48.1 Å². The van der Waals surface area contributed by atoms with Gasteiger partial charge in [0.25, 0.3) is 0 Å². The summed E-state index contributed by atoms with van der Waals surface area (Å²) in [4.78, 5) is 4.23. The number of aromatic nitrogens is 1. The molecule has 0 atom stereocenters. The van der Waals surface area contributed by atoms with E-state index in [2.05, 4.69) is 4.98 Å². The third-order valence-corrected chi connectivity index (χ3v) is 2.89. The molecule has 0 saturated carbocycles. The number of rotatable bonds is 2. The highest BCUT2D eigenvalue weighted by Crippen LogP contribution is 2.27. The van der Waals surface area contributed by atoms with Crippen LogP contribution in [0.15, 0.2) is 23.6 Å². The fourth-order valence-electron chi connectivity index (χ4n) is 1.46. The number of ether oxygens (including phenoxy) is 1. The monoisotopic (exact) mass is 220 g/mol. The highest BCUT2D eigenvalue weighted by Gasteiger charge is 2.04. The van der Waals surface area contributed by atoms with E-state index >= 15 is 0 Å². The number of hydrogen-bond donors (Lipinski definition) is 1. The first-order valence-corrected chi connectivity index (χ1v) is 5.44. The van der Waals surface area contributed by atoms with E-state index in [9.17, 15) is 0 Å². The van der Waals surface area contributed by atoms with Crippen molar-refractivity contribution in [3.05, 3.63) is 29.1 Å². The zero-order chi connectivity index (χ0) is 10.8. The summed E-state index contributed by atoms with van der Waals surface area (Å²) in [6.07, 6.45) is 0. The first-order chi connectivity index (χ1) is 7.20. The lowest BCUT2D eigenvalue weighted by Gasteiger charge is -2.05. The molecule has 1 aromatic carbocycles. The Morgan fingerprint density at radius 3 is 2.73 bits per heavy atom. The van der Waals surface area contributed by atoms with Crippen molar-refractivity contribution in [3.63, 3.8) is 0 Å². The van der Waals surface area contributed by atoms with Gasteiger partial charge >= 0.3 is 0 Å².